The maximum absolute atomic E-state index is 13.4. The number of ether oxygens (including phenoxy) is 1. The molecular weight excluding hydrogens is 426 g/mol. The van der Waals surface area contributed by atoms with Gasteiger partial charge in [0.15, 0.2) is 0 Å². The summed E-state index contributed by atoms with van der Waals surface area (Å²) < 4.78 is 7.46. The predicted octanol–water partition coefficient (Wildman–Crippen LogP) is 4.97. The number of aromatic nitrogens is 1. The lowest BCUT2D eigenvalue weighted by atomic mass is 10.1. The Morgan fingerprint density at radius 2 is 1.74 bits per heavy atom. The molecule has 0 fully saturated rings. The van der Waals surface area contributed by atoms with E-state index in [9.17, 15) is 9.59 Å². The van der Waals surface area contributed by atoms with Gasteiger partial charge in [0.25, 0.3) is 0 Å². The lowest BCUT2D eigenvalue weighted by molar-refractivity contribution is -0.141. The first-order chi connectivity index (χ1) is 16.4. The minimum Gasteiger partial charge on any atom is -0.383 e. The first-order valence-corrected chi connectivity index (χ1v) is 12.7. The summed E-state index contributed by atoms with van der Waals surface area (Å²) >= 11 is 0. The Kier molecular flexibility index (Phi) is 12.5. The van der Waals surface area contributed by atoms with E-state index in [1.165, 1.54) is 5.56 Å². The molecule has 1 aromatic carbocycles. The van der Waals surface area contributed by atoms with Crippen molar-refractivity contribution < 1.29 is 14.3 Å². The fourth-order valence-corrected chi connectivity index (χ4v) is 3.87. The Hall–Kier alpha value is -2.60. The topological polar surface area (TPSA) is 54.8 Å². The largest absolute Gasteiger partial charge is 0.383 e. The second-order valence-corrected chi connectivity index (χ2v) is 9.38. The lowest BCUT2D eigenvalue weighted by Gasteiger charge is -2.28. The van der Waals surface area contributed by atoms with E-state index in [1.54, 1.807) is 12.0 Å². The summed E-state index contributed by atoms with van der Waals surface area (Å²) in [6.45, 7) is 9.37. The highest BCUT2D eigenvalue weighted by molar-refractivity contribution is 5.84. The molecule has 34 heavy (non-hydrogen) atoms. The fourth-order valence-electron chi connectivity index (χ4n) is 3.87. The zero-order valence-electron chi connectivity index (χ0n) is 21.5. The van der Waals surface area contributed by atoms with E-state index in [-0.39, 0.29) is 18.4 Å². The molecule has 0 saturated heterocycles. The van der Waals surface area contributed by atoms with Crippen molar-refractivity contribution in [2.24, 2.45) is 5.92 Å². The molecule has 0 spiro atoms. The smallest absolute Gasteiger partial charge is 0.242 e. The van der Waals surface area contributed by atoms with Crippen molar-refractivity contribution in [1.82, 2.24) is 14.4 Å². The molecule has 2 rings (SSSR count). The zero-order valence-corrected chi connectivity index (χ0v) is 21.5. The van der Waals surface area contributed by atoms with Crippen LogP contribution >= 0.6 is 0 Å². The third-order valence-electron chi connectivity index (χ3n) is 6.04. The molecule has 0 saturated carbocycles. The quantitative estimate of drug-likeness (QED) is 0.326. The Balaban J connectivity index is 2.10. The molecule has 0 bridgehead atoms. The normalized spacial score (nSPS) is 11.1. The number of carbonyl (C=O) groups excluding carboxylic acids is 2. The highest BCUT2D eigenvalue weighted by Crippen LogP contribution is 2.13. The standard InChI is InChI=1S/C28H43N3O3/c1-5-6-8-15-27(32)30(18-16-24(2)3)23-28(33)31(19-20-34-4)22-26-14-11-17-29(26)21-25-12-9-7-10-13-25/h7,9-14,17,24H,5-6,8,15-16,18-23H2,1-4H3. The summed E-state index contributed by atoms with van der Waals surface area (Å²) in [6, 6.07) is 14.4. The third-order valence-corrected chi connectivity index (χ3v) is 6.04. The number of amides is 2. The second kappa shape index (κ2) is 15.3. The van der Waals surface area contributed by atoms with Crippen LogP contribution in [0.5, 0.6) is 0 Å². The number of nitrogens with zero attached hydrogens (tertiary/aromatic N) is 3. The van der Waals surface area contributed by atoms with E-state index in [2.05, 4.69) is 43.5 Å². The van der Waals surface area contributed by atoms with Gasteiger partial charge < -0.3 is 19.1 Å². The number of unbranched alkanes of at least 4 members (excludes halogenated alkanes) is 2. The van der Waals surface area contributed by atoms with Crippen molar-refractivity contribution in [3.05, 3.63) is 59.9 Å². The van der Waals surface area contributed by atoms with Gasteiger partial charge in [-0.2, -0.15) is 0 Å². The van der Waals surface area contributed by atoms with E-state index >= 15 is 0 Å². The SMILES string of the molecule is CCCCCC(=O)N(CCC(C)C)CC(=O)N(CCOC)Cc1cccn1Cc1ccccc1. The first kappa shape index (κ1) is 27.6. The molecule has 6 heteroatoms. The van der Waals surface area contributed by atoms with Crippen LogP contribution in [0.3, 0.4) is 0 Å². The molecular formula is C28H43N3O3. The van der Waals surface area contributed by atoms with E-state index in [0.717, 1.165) is 37.9 Å². The van der Waals surface area contributed by atoms with Crippen molar-refractivity contribution >= 4 is 11.8 Å². The number of methoxy groups -OCH3 is 1. The molecule has 0 unspecified atom stereocenters. The molecule has 188 valence electrons. The maximum Gasteiger partial charge on any atom is 0.242 e. The average molecular weight is 470 g/mol. The van der Waals surface area contributed by atoms with Crippen LogP contribution in [0.4, 0.5) is 0 Å². The van der Waals surface area contributed by atoms with Crippen LogP contribution < -0.4 is 0 Å². The maximum atomic E-state index is 13.4. The third kappa shape index (κ3) is 9.72. The number of hydrogen-bond donors (Lipinski definition) is 0. The van der Waals surface area contributed by atoms with E-state index in [1.807, 2.05) is 35.4 Å². The van der Waals surface area contributed by atoms with Gasteiger partial charge in [0.1, 0.15) is 0 Å². The highest BCUT2D eigenvalue weighted by atomic mass is 16.5. The van der Waals surface area contributed by atoms with Crippen molar-refractivity contribution in [2.75, 3.05) is 33.4 Å². The predicted molar refractivity (Wildman–Crippen MR) is 137 cm³/mol. The van der Waals surface area contributed by atoms with Crippen LogP contribution in [0.15, 0.2) is 48.7 Å². The summed E-state index contributed by atoms with van der Waals surface area (Å²) in [4.78, 5) is 29.9. The van der Waals surface area contributed by atoms with Crippen molar-refractivity contribution in [2.45, 2.75) is 66.0 Å². The van der Waals surface area contributed by atoms with Gasteiger partial charge >= 0.3 is 0 Å². The molecule has 0 N–H and O–H groups in total. The van der Waals surface area contributed by atoms with E-state index in [0.29, 0.717) is 38.6 Å². The zero-order chi connectivity index (χ0) is 24.8. The van der Waals surface area contributed by atoms with Crippen LogP contribution in [-0.4, -0.2) is 59.5 Å². The van der Waals surface area contributed by atoms with Gasteiger partial charge in [-0.1, -0.05) is 63.9 Å². The minimum absolute atomic E-state index is 0.0305. The first-order valence-electron chi connectivity index (χ1n) is 12.7. The van der Waals surface area contributed by atoms with Gasteiger partial charge in [-0.05, 0) is 36.5 Å². The summed E-state index contributed by atoms with van der Waals surface area (Å²) in [5, 5.41) is 0. The summed E-state index contributed by atoms with van der Waals surface area (Å²) in [5.74, 6) is 0.533. The van der Waals surface area contributed by atoms with Crippen LogP contribution in [0.2, 0.25) is 0 Å². The Bertz CT molecular complexity index is 848. The number of benzene rings is 1. The fraction of sp³-hybridized carbons (Fsp3) is 0.571. The average Bonchev–Trinajstić information content (AvgIpc) is 3.26. The summed E-state index contributed by atoms with van der Waals surface area (Å²) in [7, 11) is 1.65. The van der Waals surface area contributed by atoms with Gasteiger partial charge in [0.05, 0.1) is 19.7 Å². The minimum atomic E-state index is -0.0305. The lowest BCUT2D eigenvalue weighted by Crippen LogP contribution is -2.44. The molecule has 1 aromatic heterocycles. The molecule has 0 aliphatic rings. The van der Waals surface area contributed by atoms with Gasteiger partial charge in [-0.25, -0.2) is 0 Å². The molecule has 2 aromatic rings. The van der Waals surface area contributed by atoms with Crippen LogP contribution in [-0.2, 0) is 27.4 Å². The van der Waals surface area contributed by atoms with Crippen LogP contribution in [0.25, 0.3) is 0 Å². The van der Waals surface area contributed by atoms with Gasteiger partial charge in [0.2, 0.25) is 11.8 Å². The van der Waals surface area contributed by atoms with Gasteiger partial charge in [-0.15, -0.1) is 0 Å². The van der Waals surface area contributed by atoms with E-state index < -0.39 is 0 Å². The van der Waals surface area contributed by atoms with Crippen molar-refractivity contribution in [3.8, 4) is 0 Å². The summed E-state index contributed by atoms with van der Waals surface area (Å²) in [5.41, 5.74) is 2.28. The monoisotopic (exact) mass is 469 g/mol. The number of hydrogen-bond acceptors (Lipinski definition) is 3. The molecule has 6 nitrogen and oxygen atoms in total. The second-order valence-electron chi connectivity index (χ2n) is 9.38. The van der Waals surface area contributed by atoms with Crippen LogP contribution in [0.1, 0.15) is 64.1 Å². The highest BCUT2D eigenvalue weighted by Gasteiger charge is 2.22. The number of rotatable bonds is 16. The summed E-state index contributed by atoms with van der Waals surface area (Å²) in [6.07, 6.45) is 6.44. The molecule has 0 aliphatic heterocycles. The van der Waals surface area contributed by atoms with Crippen LogP contribution in [0, 0.1) is 5.92 Å². The molecule has 0 radical (unpaired) electrons. The van der Waals surface area contributed by atoms with Gasteiger partial charge in [-0.3, -0.25) is 9.59 Å². The molecule has 0 atom stereocenters. The molecule has 1 heterocycles. The number of carbonyl (C=O) groups is 2. The van der Waals surface area contributed by atoms with Crippen molar-refractivity contribution in [1.29, 1.82) is 0 Å². The van der Waals surface area contributed by atoms with Crippen molar-refractivity contribution in [3.63, 3.8) is 0 Å². The Morgan fingerprint density at radius 1 is 0.971 bits per heavy atom. The van der Waals surface area contributed by atoms with Gasteiger partial charge in [0, 0.05) is 45.1 Å². The van der Waals surface area contributed by atoms with E-state index in [4.69, 9.17) is 4.74 Å². The Labute approximate surface area is 205 Å². The molecule has 0 aliphatic carbocycles. The Morgan fingerprint density at radius 3 is 2.41 bits per heavy atom. The molecule has 2 amide bonds.